The molecular formula is C15H23BrN2O. The predicted octanol–water partition coefficient (Wildman–Crippen LogP) is 2.30. The molecule has 1 unspecified atom stereocenters. The Labute approximate surface area is 124 Å². The number of hydrogen-bond acceptors (Lipinski definition) is 3. The second-order valence-electron chi connectivity index (χ2n) is 5.20. The van der Waals surface area contributed by atoms with E-state index >= 15 is 0 Å². The summed E-state index contributed by atoms with van der Waals surface area (Å²) < 4.78 is 6.63. The first-order chi connectivity index (χ1) is 9.24. The van der Waals surface area contributed by atoms with Gasteiger partial charge in [0, 0.05) is 23.6 Å². The largest absolute Gasteiger partial charge is 0.379 e. The molecule has 106 valence electrons. The molecule has 1 saturated heterocycles. The van der Waals surface area contributed by atoms with E-state index in [-0.39, 0.29) is 0 Å². The van der Waals surface area contributed by atoms with E-state index in [1.165, 1.54) is 5.56 Å². The molecule has 1 aromatic rings. The zero-order valence-corrected chi connectivity index (χ0v) is 13.2. The SMILES string of the molecule is CN(CCc1cccc(Br)c1)CCC1COCCN1. The van der Waals surface area contributed by atoms with Crippen LogP contribution in [0.4, 0.5) is 0 Å². The van der Waals surface area contributed by atoms with Crippen molar-refractivity contribution in [1.29, 1.82) is 0 Å². The molecule has 1 N–H and O–H groups in total. The molecule has 3 nitrogen and oxygen atoms in total. The van der Waals surface area contributed by atoms with Gasteiger partial charge in [-0.25, -0.2) is 0 Å². The van der Waals surface area contributed by atoms with Gasteiger partial charge in [0.25, 0.3) is 0 Å². The lowest BCUT2D eigenvalue weighted by molar-refractivity contribution is 0.0711. The van der Waals surface area contributed by atoms with Gasteiger partial charge in [0.2, 0.25) is 0 Å². The van der Waals surface area contributed by atoms with Crippen LogP contribution >= 0.6 is 15.9 Å². The third kappa shape index (κ3) is 5.61. The Morgan fingerprint density at radius 2 is 2.32 bits per heavy atom. The minimum absolute atomic E-state index is 0.530. The summed E-state index contributed by atoms with van der Waals surface area (Å²) in [5.74, 6) is 0. The second-order valence-corrected chi connectivity index (χ2v) is 6.11. The zero-order chi connectivity index (χ0) is 13.5. The summed E-state index contributed by atoms with van der Waals surface area (Å²) in [4.78, 5) is 2.40. The van der Waals surface area contributed by atoms with Gasteiger partial charge in [0.1, 0.15) is 0 Å². The van der Waals surface area contributed by atoms with E-state index in [1.807, 2.05) is 0 Å². The van der Waals surface area contributed by atoms with Gasteiger partial charge in [0.15, 0.2) is 0 Å². The van der Waals surface area contributed by atoms with Gasteiger partial charge in [-0.1, -0.05) is 28.1 Å². The Bertz CT molecular complexity index is 380. The van der Waals surface area contributed by atoms with Crippen molar-refractivity contribution < 1.29 is 4.74 Å². The van der Waals surface area contributed by atoms with Gasteiger partial charge in [-0.3, -0.25) is 0 Å². The van der Waals surface area contributed by atoms with Crippen molar-refractivity contribution in [2.75, 3.05) is 39.9 Å². The molecule has 2 rings (SSSR count). The van der Waals surface area contributed by atoms with Gasteiger partial charge in [-0.15, -0.1) is 0 Å². The molecule has 0 saturated carbocycles. The number of halogens is 1. The lowest BCUT2D eigenvalue weighted by atomic mass is 10.1. The van der Waals surface area contributed by atoms with E-state index in [0.717, 1.165) is 50.2 Å². The summed E-state index contributed by atoms with van der Waals surface area (Å²) in [6, 6.07) is 9.09. The minimum Gasteiger partial charge on any atom is -0.379 e. The molecule has 0 radical (unpaired) electrons. The molecule has 0 aromatic heterocycles. The van der Waals surface area contributed by atoms with Crippen LogP contribution in [0.3, 0.4) is 0 Å². The Morgan fingerprint density at radius 1 is 1.42 bits per heavy atom. The van der Waals surface area contributed by atoms with Crippen LogP contribution in [0.1, 0.15) is 12.0 Å². The molecule has 0 bridgehead atoms. The Hall–Kier alpha value is -0.420. The van der Waals surface area contributed by atoms with E-state index in [2.05, 4.69) is 57.5 Å². The molecule has 19 heavy (non-hydrogen) atoms. The molecule has 1 fully saturated rings. The van der Waals surface area contributed by atoms with Crippen LogP contribution in [0.25, 0.3) is 0 Å². The fourth-order valence-electron chi connectivity index (χ4n) is 2.31. The van der Waals surface area contributed by atoms with Crippen LogP contribution in [-0.2, 0) is 11.2 Å². The lowest BCUT2D eigenvalue weighted by Crippen LogP contribution is -2.43. The van der Waals surface area contributed by atoms with Crippen LogP contribution in [0.5, 0.6) is 0 Å². The lowest BCUT2D eigenvalue weighted by Gasteiger charge is -2.26. The fourth-order valence-corrected chi connectivity index (χ4v) is 2.75. The van der Waals surface area contributed by atoms with E-state index in [0.29, 0.717) is 6.04 Å². The number of likely N-dealkylation sites (N-methyl/N-ethyl adjacent to an activating group) is 1. The van der Waals surface area contributed by atoms with Gasteiger partial charge >= 0.3 is 0 Å². The number of benzene rings is 1. The molecule has 1 atom stereocenters. The van der Waals surface area contributed by atoms with Crippen LogP contribution in [0.15, 0.2) is 28.7 Å². The fraction of sp³-hybridized carbons (Fsp3) is 0.600. The quantitative estimate of drug-likeness (QED) is 0.868. The van der Waals surface area contributed by atoms with Crippen LogP contribution in [0.2, 0.25) is 0 Å². The van der Waals surface area contributed by atoms with Gasteiger partial charge in [0.05, 0.1) is 13.2 Å². The van der Waals surface area contributed by atoms with Crippen LogP contribution < -0.4 is 5.32 Å². The zero-order valence-electron chi connectivity index (χ0n) is 11.6. The number of rotatable bonds is 6. The highest BCUT2D eigenvalue weighted by Gasteiger charge is 2.13. The van der Waals surface area contributed by atoms with Crippen molar-refractivity contribution in [2.24, 2.45) is 0 Å². The Kier molecular flexibility index (Phi) is 6.31. The average molecular weight is 327 g/mol. The third-order valence-corrected chi connectivity index (χ3v) is 4.02. The topological polar surface area (TPSA) is 24.5 Å². The van der Waals surface area contributed by atoms with Crippen molar-refractivity contribution >= 4 is 15.9 Å². The highest BCUT2D eigenvalue weighted by molar-refractivity contribution is 9.10. The summed E-state index contributed by atoms with van der Waals surface area (Å²) >= 11 is 3.52. The van der Waals surface area contributed by atoms with Gasteiger partial charge in [-0.2, -0.15) is 0 Å². The monoisotopic (exact) mass is 326 g/mol. The number of nitrogens with one attached hydrogen (secondary N) is 1. The first kappa shape index (κ1) is 15.0. The van der Waals surface area contributed by atoms with E-state index in [9.17, 15) is 0 Å². The summed E-state index contributed by atoms with van der Waals surface area (Å²) in [5, 5.41) is 3.50. The maximum absolute atomic E-state index is 5.47. The maximum Gasteiger partial charge on any atom is 0.0620 e. The molecule has 0 spiro atoms. The Balaban J connectivity index is 1.65. The van der Waals surface area contributed by atoms with E-state index in [4.69, 9.17) is 4.74 Å². The summed E-state index contributed by atoms with van der Waals surface area (Å²) in [7, 11) is 2.20. The predicted molar refractivity (Wildman–Crippen MR) is 82.6 cm³/mol. The van der Waals surface area contributed by atoms with E-state index in [1.54, 1.807) is 0 Å². The summed E-state index contributed by atoms with van der Waals surface area (Å²) in [5.41, 5.74) is 1.39. The van der Waals surface area contributed by atoms with Crippen molar-refractivity contribution in [3.8, 4) is 0 Å². The number of nitrogens with zero attached hydrogens (tertiary/aromatic N) is 1. The van der Waals surface area contributed by atoms with Crippen molar-refractivity contribution in [2.45, 2.75) is 18.9 Å². The number of hydrogen-bond donors (Lipinski definition) is 1. The molecule has 1 heterocycles. The molecule has 4 heteroatoms. The number of ether oxygens (including phenoxy) is 1. The van der Waals surface area contributed by atoms with E-state index < -0.39 is 0 Å². The summed E-state index contributed by atoms with van der Waals surface area (Å²) in [6.45, 7) is 4.93. The molecule has 1 aromatic carbocycles. The normalized spacial score (nSPS) is 19.8. The highest BCUT2D eigenvalue weighted by atomic mass is 79.9. The first-order valence-corrected chi connectivity index (χ1v) is 7.77. The maximum atomic E-state index is 5.47. The molecule has 1 aliphatic rings. The van der Waals surface area contributed by atoms with Gasteiger partial charge < -0.3 is 15.0 Å². The molecule has 0 aliphatic carbocycles. The van der Waals surface area contributed by atoms with Crippen LogP contribution in [-0.4, -0.2) is 50.8 Å². The number of morpholine rings is 1. The molecule has 0 amide bonds. The highest BCUT2D eigenvalue weighted by Crippen LogP contribution is 2.12. The Morgan fingerprint density at radius 3 is 3.05 bits per heavy atom. The molecule has 1 aliphatic heterocycles. The summed E-state index contributed by atoms with van der Waals surface area (Å²) in [6.07, 6.45) is 2.26. The van der Waals surface area contributed by atoms with Crippen molar-refractivity contribution in [3.63, 3.8) is 0 Å². The first-order valence-electron chi connectivity index (χ1n) is 6.98. The van der Waals surface area contributed by atoms with Crippen molar-refractivity contribution in [3.05, 3.63) is 34.3 Å². The average Bonchev–Trinajstić information content (AvgIpc) is 2.44. The van der Waals surface area contributed by atoms with Crippen molar-refractivity contribution in [1.82, 2.24) is 10.2 Å². The van der Waals surface area contributed by atoms with Gasteiger partial charge in [-0.05, 0) is 44.1 Å². The smallest absolute Gasteiger partial charge is 0.0620 e. The second kappa shape index (κ2) is 8.00. The van der Waals surface area contributed by atoms with Crippen LogP contribution in [0, 0.1) is 0 Å². The minimum atomic E-state index is 0.530. The molecular weight excluding hydrogens is 304 g/mol. The standard InChI is InChI=1S/C15H23BrN2O/c1-18(9-6-15-12-19-10-7-17-15)8-5-13-3-2-4-14(16)11-13/h2-4,11,15,17H,5-10,12H2,1H3. The third-order valence-electron chi connectivity index (χ3n) is 3.53.